The molecule has 1 aliphatic heterocycles. The summed E-state index contributed by atoms with van der Waals surface area (Å²) in [4.78, 5) is 16.6. The van der Waals surface area contributed by atoms with Gasteiger partial charge in [0.1, 0.15) is 0 Å². The summed E-state index contributed by atoms with van der Waals surface area (Å²) < 4.78 is 1.88. The summed E-state index contributed by atoms with van der Waals surface area (Å²) in [5, 5.41) is 15.5. The van der Waals surface area contributed by atoms with Crippen LogP contribution in [0, 0.1) is 5.92 Å². The number of piperidine rings is 1. The molecule has 0 saturated carbocycles. The highest BCUT2D eigenvalue weighted by Gasteiger charge is 2.33. The van der Waals surface area contributed by atoms with E-state index in [1.54, 1.807) is 6.07 Å². The Morgan fingerprint density at radius 2 is 2.14 bits per heavy atom. The second-order valence-corrected chi connectivity index (χ2v) is 7.44. The molecule has 0 aliphatic carbocycles. The van der Waals surface area contributed by atoms with Crippen molar-refractivity contribution in [3.05, 3.63) is 35.8 Å². The van der Waals surface area contributed by atoms with Crippen LogP contribution in [0.5, 0.6) is 0 Å². The fourth-order valence-electron chi connectivity index (χ4n) is 4.12. The van der Waals surface area contributed by atoms with Crippen LogP contribution >= 0.6 is 0 Å². The summed E-state index contributed by atoms with van der Waals surface area (Å²) in [6, 6.07) is 3.97. The lowest BCUT2D eigenvalue weighted by molar-refractivity contribution is 0.0949. The number of hydrogen-bond acceptors (Lipinski definition) is 6. The molecular formula is C20H31N7O. The third-order valence-electron chi connectivity index (χ3n) is 5.45. The number of carbonyl (C=O) groups excluding carboxylic acids is 1. The van der Waals surface area contributed by atoms with Crippen LogP contribution in [0.3, 0.4) is 0 Å². The highest BCUT2D eigenvalue weighted by molar-refractivity contribution is 5.92. The Bertz CT molecular complexity index is 773. The molecule has 0 radical (unpaired) electrons. The minimum absolute atomic E-state index is 0.188. The summed E-state index contributed by atoms with van der Waals surface area (Å²) in [5.74, 6) is 1.08. The van der Waals surface area contributed by atoms with E-state index in [0.717, 1.165) is 25.5 Å². The number of hydrogen-bond donors (Lipinski definition) is 1. The molecule has 0 bridgehead atoms. The second-order valence-electron chi connectivity index (χ2n) is 7.44. The van der Waals surface area contributed by atoms with Gasteiger partial charge in [-0.1, -0.05) is 6.92 Å². The zero-order valence-corrected chi connectivity index (χ0v) is 17.3. The summed E-state index contributed by atoms with van der Waals surface area (Å²) in [6.07, 6.45) is 6.49. The molecule has 1 aliphatic rings. The van der Waals surface area contributed by atoms with Crippen molar-refractivity contribution in [2.24, 2.45) is 13.0 Å². The number of rotatable bonds is 7. The van der Waals surface area contributed by atoms with E-state index >= 15 is 0 Å². The molecule has 8 nitrogen and oxygen atoms in total. The van der Waals surface area contributed by atoms with Gasteiger partial charge in [0.05, 0.1) is 6.20 Å². The molecule has 0 spiro atoms. The molecule has 0 aromatic carbocycles. The lowest BCUT2D eigenvalue weighted by Crippen LogP contribution is -2.43. The van der Waals surface area contributed by atoms with Crippen molar-refractivity contribution in [2.75, 3.05) is 38.1 Å². The molecule has 2 aromatic heterocycles. The van der Waals surface area contributed by atoms with Crippen LogP contribution in [0.15, 0.2) is 24.5 Å². The number of likely N-dealkylation sites (tertiary alicyclic amines) is 1. The van der Waals surface area contributed by atoms with Gasteiger partial charge in [0, 0.05) is 45.0 Å². The number of aryl methyl sites for hydroxylation is 1. The van der Waals surface area contributed by atoms with E-state index in [4.69, 9.17) is 0 Å². The van der Waals surface area contributed by atoms with Crippen LogP contribution in [0.25, 0.3) is 0 Å². The largest absolute Gasteiger partial charge is 0.358 e. The molecule has 0 unspecified atom stereocenters. The van der Waals surface area contributed by atoms with E-state index in [-0.39, 0.29) is 5.91 Å². The van der Waals surface area contributed by atoms with Gasteiger partial charge in [-0.2, -0.15) is 5.10 Å². The third kappa shape index (κ3) is 4.49. The summed E-state index contributed by atoms with van der Waals surface area (Å²) in [7, 11) is 4.01. The maximum atomic E-state index is 11.9. The summed E-state index contributed by atoms with van der Waals surface area (Å²) in [5.41, 5.74) is 1.63. The lowest BCUT2D eigenvalue weighted by Gasteiger charge is -2.42. The zero-order valence-electron chi connectivity index (χ0n) is 17.3. The van der Waals surface area contributed by atoms with Crippen molar-refractivity contribution in [3.8, 4) is 0 Å². The Hall–Kier alpha value is -2.48. The number of amides is 1. The first-order valence-corrected chi connectivity index (χ1v) is 10.1. The smallest absolute Gasteiger partial charge is 0.271 e. The average molecular weight is 386 g/mol. The number of nitrogens with zero attached hydrogens (tertiary/aromatic N) is 6. The molecule has 3 rings (SSSR count). The molecule has 8 heteroatoms. The molecular weight excluding hydrogens is 354 g/mol. The maximum Gasteiger partial charge on any atom is 0.271 e. The van der Waals surface area contributed by atoms with Gasteiger partial charge in [0.15, 0.2) is 11.5 Å². The van der Waals surface area contributed by atoms with Gasteiger partial charge in [-0.25, -0.2) is 0 Å². The van der Waals surface area contributed by atoms with Gasteiger partial charge in [-0.05, 0) is 50.9 Å². The Balaban J connectivity index is 1.73. The van der Waals surface area contributed by atoms with Gasteiger partial charge in [0.25, 0.3) is 5.91 Å². The molecule has 1 fully saturated rings. The third-order valence-corrected chi connectivity index (χ3v) is 5.45. The Morgan fingerprint density at radius 1 is 1.32 bits per heavy atom. The SMILES string of the molecule is CCNC(=O)c1ccc(N(C)C[C@@H]2CCCN(CC)[C@H]2c2cnn(C)c2)nn1. The quantitative estimate of drug-likeness (QED) is 0.784. The normalized spacial score (nSPS) is 20.1. The van der Waals surface area contributed by atoms with Gasteiger partial charge in [0.2, 0.25) is 0 Å². The van der Waals surface area contributed by atoms with Crippen LogP contribution in [-0.2, 0) is 7.05 Å². The van der Waals surface area contributed by atoms with E-state index in [2.05, 4.69) is 43.5 Å². The van der Waals surface area contributed by atoms with Gasteiger partial charge < -0.3 is 10.2 Å². The molecule has 2 aromatic rings. The first-order chi connectivity index (χ1) is 13.5. The molecule has 3 heterocycles. The van der Waals surface area contributed by atoms with Crippen LogP contribution in [-0.4, -0.2) is 64.0 Å². The average Bonchev–Trinajstić information content (AvgIpc) is 3.13. The van der Waals surface area contributed by atoms with Crippen molar-refractivity contribution < 1.29 is 4.79 Å². The topological polar surface area (TPSA) is 79.2 Å². The van der Waals surface area contributed by atoms with E-state index in [1.807, 2.05) is 38.0 Å². The number of aromatic nitrogens is 4. The predicted octanol–water partition coefficient (Wildman–Crippen LogP) is 1.87. The number of anilines is 1. The van der Waals surface area contributed by atoms with Crippen molar-refractivity contribution in [3.63, 3.8) is 0 Å². The van der Waals surface area contributed by atoms with Gasteiger partial charge in [-0.15, -0.1) is 10.2 Å². The van der Waals surface area contributed by atoms with Crippen LogP contribution in [0.2, 0.25) is 0 Å². The molecule has 1 saturated heterocycles. The van der Waals surface area contributed by atoms with Gasteiger partial charge in [-0.3, -0.25) is 14.4 Å². The number of carbonyl (C=O) groups is 1. The van der Waals surface area contributed by atoms with Crippen molar-refractivity contribution >= 4 is 11.7 Å². The minimum atomic E-state index is -0.188. The highest BCUT2D eigenvalue weighted by atomic mass is 16.1. The van der Waals surface area contributed by atoms with E-state index in [9.17, 15) is 4.79 Å². The van der Waals surface area contributed by atoms with Crippen molar-refractivity contribution in [1.82, 2.24) is 30.2 Å². The van der Waals surface area contributed by atoms with E-state index < -0.39 is 0 Å². The van der Waals surface area contributed by atoms with Gasteiger partial charge >= 0.3 is 0 Å². The standard InChI is InChI=1S/C20H31N7O/c1-5-21-20(28)17-9-10-18(24-23-17)25(3)13-15-8-7-11-27(6-2)19(15)16-12-22-26(4)14-16/h9-10,12,14-15,19H,5-8,11,13H2,1-4H3,(H,21,28)/t15-,19+/m0/s1. The Morgan fingerprint density at radius 3 is 2.75 bits per heavy atom. The van der Waals surface area contributed by atoms with Crippen LogP contribution < -0.4 is 10.2 Å². The lowest BCUT2D eigenvalue weighted by atomic mass is 9.85. The van der Waals surface area contributed by atoms with E-state index in [0.29, 0.717) is 24.2 Å². The van der Waals surface area contributed by atoms with Crippen LogP contribution in [0.4, 0.5) is 5.82 Å². The minimum Gasteiger partial charge on any atom is -0.358 e. The summed E-state index contributed by atoms with van der Waals surface area (Å²) in [6.45, 7) is 7.72. The molecule has 1 N–H and O–H groups in total. The number of nitrogens with one attached hydrogen (secondary N) is 1. The summed E-state index contributed by atoms with van der Waals surface area (Å²) >= 11 is 0. The predicted molar refractivity (Wildman–Crippen MR) is 109 cm³/mol. The Labute approximate surface area is 166 Å². The fraction of sp³-hybridized carbons (Fsp3) is 0.600. The van der Waals surface area contributed by atoms with Crippen molar-refractivity contribution in [2.45, 2.75) is 32.7 Å². The highest BCUT2D eigenvalue weighted by Crippen LogP contribution is 2.36. The fourth-order valence-corrected chi connectivity index (χ4v) is 4.12. The molecule has 2 atom stereocenters. The molecule has 152 valence electrons. The first kappa shape index (κ1) is 20.3. The first-order valence-electron chi connectivity index (χ1n) is 10.1. The molecule has 28 heavy (non-hydrogen) atoms. The second kappa shape index (κ2) is 9.14. The maximum absolute atomic E-state index is 11.9. The van der Waals surface area contributed by atoms with E-state index in [1.165, 1.54) is 18.4 Å². The zero-order chi connectivity index (χ0) is 20.1. The monoisotopic (exact) mass is 385 g/mol. The Kier molecular flexibility index (Phi) is 6.61. The van der Waals surface area contributed by atoms with Crippen molar-refractivity contribution in [1.29, 1.82) is 0 Å². The molecule has 1 amide bonds. The van der Waals surface area contributed by atoms with Crippen LogP contribution in [0.1, 0.15) is 48.8 Å².